The fourth-order valence-corrected chi connectivity index (χ4v) is 2.77. The Bertz CT molecular complexity index is 611. The number of rotatable bonds is 4. The van der Waals surface area contributed by atoms with Crippen LogP contribution in [0.15, 0.2) is 12.1 Å². The van der Waals surface area contributed by atoms with E-state index in [1.807, 2.05) is 0 Å². The fourth-order valence-electron chi connectivity index (χ4n) is 2.31. The van der Waals surface area contributed by atoms with Gasteiger partial charge in [-0.05, 0) is 12.1 Å². The van der Waals surface area contributed by atoms with Crippen molar-refractivity contribution in [2.75, 3.05) is 13.7 Å². The number of hydrogen-bond donors (Lipinski definition) is 4. The van der Waals surface area contributed by atoms with Crippen LogP contribution in [0.2, 0.25) is 10.0 Å². The molecule has 0 spiro atoms. The highest BCUT2D eigenvalue weighted by atomic mass is 35.5. The summed E-state index contributed by atoms with van der Waals surface area (Å²) in [6, 6.07) is 2.77. The molecule has 10 heteroatoms. The van der Waals surface area contributed by atoms with Gasteiger partial charge in [0, 0.05) is 0 Å². The quantitative estimate of drug-likeness (QED) is 0.534. The second-order valence-corrected chi connectivity index (χ2v) is 5.85. The number of aliphatic hydroxyl groups is 4. The Labute approximate surface area is 147 Å². The third-order valence-corrected chi connectivity index (χ3v) is 4.16. The van der Waals surface area contributed by atoms with Gasteiger partial charge in [-0.3, -0.25) is 0 Å². The van der Waals surface area contributed by atoms with Crippen LogP contribution >= 0.6 is 23.2 Å². The monoisotopic (exact) mass is 382 g/mol. The molecule has 0 radical (unpaired) electrons. The number of halogens is 2. The predicted molar refractivity (Wildman–Crippen MR) is 82.2 cm³/mol. The van der Waals surface area contributed by atoms with E-state index in [1.165, 1.54) is 19.2 Å². The molecule has 1 aromatic rings. The van der Waals surface area contributed by atoms with Gasteiger partial charge in [0.1, 0.15) is 23.9 Å². The summed E-state index contributed by atoms with van der Waals surface area (Å²) in [6.07, 6.45) is -7.84. The fraction of sp³-hybridized carbons (Fsp3) is 0.500. The number of esters is 1. The summed E-state index contributed by atoms with van der Waals surface area (Å²) in [4.78, 5) is 12.4. The van der Waals surface area contributed by atoms with Crippen molar-refractivity contribution in [3.63, 3.8) is 0 Å². The minimum absolute atomic E-state index is 0.0171. The van der Waals surface area contributed by atoms with Crippen molar-refractivity contribution in [1.29, 1.82) is 0 Å². The molecular weight excluding hydrogens is 367 g/mol. The Morgan fingerprint density at radius 3 is 2.42 bits per heavy atom. The van der Waals surface area contributed by atoms with Gasteiger partial charge in [0.05, 0.1) is 23.8 Å². The Morgan fingerprint density at radius 1 is 1.21 bits per heavy atom. The third kappa shape index (κ3) is 3.60. The molecule has 134 valence electrons. The lowest BCUT2D eigenvalue weighted by Gasteiger charge is -2.39. The largest absolute Gasteiger partial charge is 0.494 e. The zero-order chi connectivity index (χ0) is 18.0. The van der Waals surface area contributed by atoms with Gasteiger partial charge in [-0.1, -0.05) is 23.2 Å². The molecule has 1 fully saturated rings. The van der Waals surface area contributed by atoms with E-state index in [1.54, 1.807) is 0 Å². The maximum absolute atomic E-state index is 12.4. The van der Waals surface area contributed by atoms with Crippen molar-refractivity contribution in [2.45, 2.75) is 30.7 Å². The van der Waals surface area contributed by atoms with Crippen molar-refractivity contribution in [3.05, 3.63) is 27.7 Å². The molecular formula is C14H16Cl2O8. The molecule has 24 heavy (non-hydrogen) atoms. The molecule has 0 aromatic heterocycles. The number of hydrogen-bond acceptors (Lipinski definition) is 8. The van der Waals surface area contributed by atoms with Crippen LogP contribution in [0, 0.1) is 0 Å². The predicted octanol–water partition coefficient (Wildman–Crippen LogP) is -0.0413. The van der Waals surface area contributed by atoms with E-state index >= 15 is 0 Å². The summed E-state index contributed by atoms with van der Waals surface area (Å²) >= 11 is 11.9. The van der Waals surface area contributed by atoms with Crippen LogP contribution in [-0.4, -0.2) is 70.8 Å². The third-order valence-electron chi connectivity index (χ3n) is 3.55. The molecule has 5 atom stereocenters. The van der Waals surface area contributed by atoms with E-state index in [0.29, 0.717) is 0 Å². The van der Waals surface area contributed by atoms with Crippen LogP contribution in [0.5, 0.6) is 5.75 Å². The van der Waals surface area contributed by atoms with Gasteiger partial charge in [-0.2, -0.15) is 0 Å². The lowest BCUT2D eigenvalue weighted by Crippen LogP contribution is -2.59. The molecule has 4 N–H and O–H groups in total. The van der Waals surface area contributed by atoms with Gasteiger partial charge < -0.3 is 34.6 Å². The summed E-state index contributed by atoms with van der Waals surface area (Å²) in [7, 11) is 1.28. The van der Waals surface area contributed by atoms with Crippen LogP contribution in [0.25, 0.3) is 0 Å². The first-order chi connectivity index (χ1) is 11.3. The standard InChI is InChI=1S/C14H16Cl2O8/c1-22-11-6(16)3-2-5(15)8(11)13(20)24-12-9(18)7(4-17)23-14(21)10(12)19/h2-3,7,9-10,12,14,17-19,21H,4H2,1H3. The van der Waals surface area contributed by atoms with Gasteiger partial charge in [-0.15, -0.1) is 0 Å². The maximum Gasteiger partial charge on any atom is 0.343 e. The zero-order valence-electron chi connectivity index (χ0n) is 12.4. The summed E-state index contributed by atoms with van der Waals surface area (Å²) in [5, 5.41) is 38.7. The molecule has 1 aliphatic rings. The molecule has 0 amide bonds. The number of benzene rings is 1. The van der Waals surface area contributed by atoms with Gasteiger partial charge in [0.15, 0.2) is 18.1 Å². The highest BCUT2D eigenvalue weighted by Crippen LogP contribution is 2.35. The number of carbonyl (C=O) groups is 1. The summed E-state index contributed by atoms with van der Waals surface area (Å²) in [6.45, 7) is -0.653. The van der Waals surface area contributed by atoms with Crippen molar-refractivity contribution in [1.82, 2.24) is 0 Å². The minimum Gasteiger partial charge on any atom is -0.494 e. The summed E-state index contributed by atoms with van der Waals surface area (Å²) in [5.41, 5.74) is -0.201. The number of methoxy groups -OCH3 is 1. The normalized spacial score (nSPS) is 30.0. The SMILES string of the molecule is COc1c(Cl)ccc(Cl)c1C(=O)OC1C(O)C(O)OC(CO)C1O. The van der Waals surface area contributed by atoms with Crippen molar-refractivity contribution < 1.29 is 39.4 Å². The number of aliphatic hydroxyl groups excluding tert-OH is 4. The average molecular weight is 383 g/mol. The van der Waals surface area contributed by atoms with Crippen LogP contribution in [0.4, 0.5) is 0 Å². The van der Waals surface area contributed by atoms with Crippen molar-refractivity contribution >= 4 is 29.2 Å². The molecule has 0 aliphatic carbocycles. The Hall–Kier alpha value is -1.13. The Kier molecular flexibility index (Phi) is 6.27. The van der Waals surface area contributed by atoms with Crippen LogP contribution in [0.1, 0.15) is 10.4 Å². The smallest absolute Gasteiger partial charge is 0.343 e. The van der Waals surface area contributed by atoms with E-state index in [2.05, 4.69) is 0 Å². The van der Waals surface area contributed by atoms with E-state index in [9.17, 15) is 20.1 Å². The average Bonchev–Trinajstić information content (AvgIpc) is 2.56. The molecule has 2 rings (SSSR count). The molecule has 1 aliphatic heterocycles. The molecule has 1 heterocycles. The van der Waals surface area contributed by atoms with Gasteiger partial charge in [0.2, 0.25) is 0 Å². The number of ether oxygens (including phenoxy) is 3. The molecule has 0 bridgehead atoms. The molecule has 0 saturated carbocycles. The highest BCUT2D eigenvalue weighted by molar-refractivity contribution is 6.37. The molecule has 1 aromatic carbocycles. The Balaban J connectivity index is 2.30. The minimum atomic E-state index is -1.75. The lowest BCUT2D eigenvalue weighted by molar-refractivity contribution is -0.285. The van der Waals surface area contributed by atoms with Gasteiger partial charge >= 0.3 is 5.97 Å². The molecule has 8 nitrogen and oxygen atoms in total. The first-order valence-corrected chi connectivity index (χ1v) is 7.60. The van der Waals surface area contributed by atoms with Crippen LogP contribution < -0.4 is 4.74 Å². The second-order valence-electron chi connectivity index (χ2n) is 5.04. The lowest BCUT2D eigenvalue weighted by atomic mass is 9.99. The number of carbonyl (C=O) groups excluding carboxylic acids is 1. The van der Waals surface area contributed by atoms with Crippen LogP contribution in [-0.2, 0) is 9.47 Å². The van der Waals surface area contributed by atoms with Crippen LogP contribution in [0.3, 0.4) is 0 Å². The summed E-state index contributed by atoms with van der Waals surface area (Å²) < 4.78 is 14.9. The Morgan fingerprint density at radius 2 is 1.83 bits per heavy atom. The zero-order valence-corrected chi connectivity index (χ0v) is 13.9. The first-order valence-electron chi connectivity index (χ1n) is 6.85. The first kappa shape index (κ1) is 19.2. The van der Waals surface area contributed by atoms with Crippen molar-refractivity contribution in [2.24, 2.45) is 0 Å². The van der Waals surface area contributed by atoms with E-state index in [4.69, 9.17) is 42.5 Å². The molecule has 5 unspecified atom stereocenters. The summed E-state index contributed by atoms with van der Waals surface area (Å²) in [5.74, 6) is -1.07. The molecule has 1 saturated heterocycles. The van der Waals surface area contributed by atoms with Crippen molar-refractivity contribution in [3.8, 4) is 5.75 Å². The highest BCUT2D eigenvalue weighted by Gasteiger charge is 2.46. The topological polar surface area (TPSA) is 126 Å². The second kappa shape index (κ2) is 7.83. The van der Waals surface area contributed by atoms with E-state index < -0.39 is 43.3 Å². The van der Waals surface area contributed by atoms with E-state index in [-0.39, 0.29) is 21.4 Å². The van der Waals surface area contributed by atoms with Gasteiger partial charge in [-0.25, -0.2) is 4.79 Å². The van der Waals surface area contributed by atoms with Gasteiger partial charge in [0.25, 0.3) is 0 Å². The maximum atomic E-state index is 12.4. The van der Waals surface area contributed by atoms with E-state index in [0.717, 1.165) is 0 Å².